The lowest BCUT2D eigenvalue weighted by Crippen LogP contribution is -2.30. The average molecular weight is 682 g/mol. The van der Waals surface area contributed by atoms with Gasteiger partial charge in [-0.25, -0.2) is 0 Å². The summed E-state index contributed by atoms with van der Waals surface area (Å²) in [6.45, 7) is 18.7. The van der Waals surface area contributed by atoms with Crippen LogP contribution in [0.1, 0.15) is 103 Å². The number of carbonyl (C=O) groups is 1. The number of rotatable bonds is 10. The molecule has 0 amide bonds. The van der Waals surface area contributed by atoms with Crippen molar-refractivity contribution in [1.82, 2.24) is 0 Å². The minimum Gasteiger partial charge on any atom is -0.507 e. The number of phenols is 1. The third-order valence-electron chi connectivity index (χ3n) is 10.8. The summed E-state index contributed by atoms with van der Waals surface area (Å²) < 4.78 is 0. The molecule has 0 saturated heterocycles. The zero-order valence-electron chi connectivity index (χ0n) is 30.9. The lowest BCUT2D eigenvalue weighted by Gasteiger charge is -2.37. The third-order valence-corrected chi connectivity index (χ3v) is 10.8. The molecule has 8 nitrogen and oxygen atoms in total. The van der Waals surface area contributed by atoms with E-state index in [2.05, 4.69) is 35.4 Å². The van der Waals surface area contributed by atoms with Gasteiger partial charge in [-0.3, -0.25) is 4.79 Å². The van der Waals surface area contributed by atoms with E-state index in [9.17, 15) is 24.6 Å². The minimum absolute atomic E-state index is 0.127. The second kappa shape index (κ2) is 13.6. The van der Waals surface area contributed by atoms with Crippen molar-refractivity contribution in [2.75, 3.05) is 0 Å². The summed E-state index contributed by atoms with van der Waals surface area (Å²) in [6.07, 6.45) is 0. The van der Waals surface area contributed by atoms with Crippen LogP contribution in [0.5, 0.6) is 5.75 Å². The van der Waals surface area contributed by atoms with Crippen molar-refractivity contribution in [3.05, 3.63) is 165 Å². The van der Waals surface area contributed by atoms with Gasteiger partial charge in [0.05, 0.1) is 0 Å². The summed E-state index contributed by atoms with van der Waals surface area (Å²) >= 11 is 0. The number of carbonyl (C=O) groups excluding carboxylic acids is 1. The predicted molar refractivity (Wildman–Crippen MR) is 205 cm³/mol. The van der Waals surface area contributed by atoms with Crippen molar-refractivity contribution >= 4 is 22.8 Å². The lowest BCUT2D eigenvalue weighted by molar-refractivity contribution is 0.101. The topological polar surface area (TPSA) is 126 Å². The molecule has 1 N–H and O–H groups in total. The Morgan fingerprint density at radius 1 is 0.490 bits per heavy atom. The maximum Gasteiger partial charge on any atom is 0.159 e. The number of nitrogens with zero attached hydrogens (tertiary/aromatic N) is 3. The van der Waals surface area contributed by atoms with Crippen LogP contribution in [0.15, 0.2) is 88.3 Å². The van der Waals surface area contributed by atoms with Crippen LogP contribution in [0, 0.1) is 63.2 Å². The maximum absolute atomic E-state index is 13.4. The molecule has 0 aromatic heterocycles. The van der Waals surface area contributed by atoms with Crippen molar-refractivity contribution in [1.29, 1.82) is 0 Å². The monoisotopic (exact) mass is 681 g/mol. The highest BCUT2D eigenvalue weighted by Gasteiger charge is 2.38. The quantitative estimate of drug-likeness (QED) is 0.0891. The van der Waals surface area contributed by atoms with Gasteiger partial charge in [-0.2, -0.15) is 0 Å². The van der Waals surface area contributed by atoms with Gasteiger partial charge in [-0.1, -0.05) is 54.6 Å². The Kier molecular flexibility index (Phi) is 9.76. The van der Waals surface area contributed by atoms with Crippen LogP contribution in [0.25, 0.3) is 0 Å². The number of Topliss-reactive ketones (excluding diaryl/α,β-unsaturated/α-hetero) is 1. The highest BCUT2D eigenvalue weighted by Crippen LogP contribution is 2.48. The fraction of sp³-hybridized carbons (Fsp3) is 0.279. The molecule has 5 rings (SSSR count). The van der Waals surface area contributed by atoms with E-state index in [1.54, 1.807) is 13.0 Å². The first kappa shape index (κ1) is 36.6. The molecular weight excluding hydrogens is 638 g/mol. The summed E-state index contributed by atoms with van der Waals surface area (Å²) in [5.41, 5.74) is 9.89. The lowest BCUT2D eigenvalue weighted by atomic mass is 9.65. The molecule has 0 aliphatic heterocycles. The summed E-state index contributed by atoms with van der Waals surface area (Å²) in [7, 11) is 0. The minimum atomic E-state index is -0.906. The van der Waals surface area contributed by atoms with E-state index in [1.807, 2.05) is 109 Å². The van der Waals surface area contributed by atoms with E-state index in [4.69, 9.17) is 0 Å². The van der Waals surface area contributed by atoms with Gasteiger partial charge in [-0.15, -0.1) is 14.7 Å². The van der Waals surface area contributed by atoms with Crippen molar-refractivity contribution in [2.45, 2.75) is 80.1 Å². The van der Waals surface area contributed by atoms with Gasteiger partial charge in [0.1, 0.15) is 22.8 Å². The molecule has 51 heavy (non-hydrogen) atoms. The van der Waals surface area contributed by atoms with Crippen LogP contribution in [0.3, 0.4) is 0 Å². The Bertz CT molecular complexity index is 2140. The van der Waals surface area contributed by atoms with Crippen LogP contribution in [0.4, 0.5) is 17.1 Å². The molecule has 1 atom stereocenters. The van der Waals surface area contributed by atoms with Crippen molar-refractivity contribution in [2.24, 2.45) is 15.5 Å². The normalized spacial score (nSPS) is 12.7. The molecule has 5 aromatic rings. The predicted octanol–water partition coefficient (Wildman–Crippen LogP) is 11.7. The largest absolute Gasteiger partial charge is 0.507 e. The molecule has 1 unspecified atom stereocenters. The van der Waals surface area contributed by atoms with Crippen LogP contribution in [-0.4, -0.2) is 10.9 Å². The highest BCUT2D eigenvalue weighted by molar-refractivity contribution is 5.95. The second-order valence-electron chi connectivity index (χ2n) is 14.3. The molecule has 0 saturated carbocycles. The number of hydrogen-bond acceptors (Lipinski definition) is 8. The van der Waals surface area contributed by atoms with E-state index in [1.165, 1.54) is 0 Å². The van der Waals surface area contributed by atoms with Crippen LogP contribution >= 0.6 is 0 Å². The average Bonchev–Trinajstić information content (AvgIpc) is 3.09. The third kappa shape index (κ3) is 6.20. The Balaban J connectivity index is 1.96. The fourth-order valence-corrected chi connectivity index (χ4v) is 7.50. The molecular formula is C43H43N3O5. The molecule has 0 heterocycles. The first-order valence-electron chi connectivity index (χ1n) is 16.8. The van der Waals surface area contributed by atoms with E-state index in [0.29, 0.717) is 61.6 Å². The highest BCUT2D eigenvalue weighted by atomic mass is 16.3. The van der Waals surface area contributed by atoms with Gasteiger partial charge < -0.3 is 5.11 Å². The maximum atomic E-state index is 13.4. The molecule has 0 radical (unpaired) electrons. The van der Waals surface area contributed by atoms with Gasteiger partial charge in [0.25, 0.3) is 0 Å². The second-order valence-corrected chi connectivity index (χ2v) is 14.3. The van der Waals surface area contributed by atoms with Crippen LogP contribution < -0.4 is 0 Å². The van der Waals surface area contributed by atoms with Gasteiger partial charge in [-0.05, 0) is 175 Å². The van der Waals surface area contributed by atoms with Crippen molar-refractivity contribution in [3.8, 4) is 5.75 Å². The number of nitroso groups, excluding NO2 is 3. The summed E-state index contributed by atoms with van der Waals surface area (Å²) in [5.74, 6) is 0.0832. The Hall–Kier alpha value is -5.63. The summed E-state index contributed by atoms with van der Waals surface area (Å²) in [4.78, 5) is 48.7. The van der Waals surface area contributed by atoms with Crippen molar-refractivity contribution in [3.63, 3.8) is 0 Å². The van der Waals surface area contributed by atoms with E-state index in [0.717, 1.165) is 33.4 Å². The Morgan fingerprint density at radius 2 is 0.843 bits per heavy atom. The first-order chi connectivity index (χ1) is 24.0. The van der Waals surface area contributed by atoms with Gasteiger partial charge >= 0.3 is 0 Å². The molecule has 0 fully saturated rings. The van der Waals surface area contributed by atoms with Crippen LogP contribution in [0.2, 0.25) is 0 Å². The zero-order valence-corrected chi connectivity index (χ0v) is 30.9. The zero-order chi connectivity index (χ0) is 37.6. The Labute approximate surface area is 298 Å². The number of phenolic OH excluding ortho intramolecular Hbond substituents is 1. The molecule has 260 valence electrons. The SMILES string of the molecule is CC(=O)c1cc(C(C)(c2ccc(N=O)c(C)c2)c2cc(C)c(O)c(C)c2)cc(C(C)(c2cc(C)c(N=O)c(C)c2)c2cc(C)c(N=O)c(C)c2)c1. The molecule has 0 aliphatic carbocycles. The molecule has 5 aromatic carbocycles. The molecule has 8 heteroatoms. The Morgan fingerprint density at radius 3 is 1.20 bits per heavy atom. The summed E-state index contributed by atoms with van der Waals surface area (Å²) in [6, 6.07) is 23.2. The van der Waals surface area contributed by atoms with Crippen molar-refractivity contribution < 1.29 is 9.90 Å². The molecule has 0 bridgehead atoms. The summed E-state index contributed by atoms with van der Waals surface area (Å²) in [5, 5.41) is 20.6. The van der Waals surface area contributed by atoms with Crippen LogP contribution in [-0.2, 0) is 10.8 Å². The number of aryl methyl sites for hydroxylation is 7. The number of benzene rings is 5. The number of aromatic hydroxyl groups is 1. The standard InChI is InChI=1S/C43H43N3O5/c1-23-13-32(11-12-38(23)44-49)42(9,35-18-28(6)41(48)29(7)19-35)36-20-31(30(8)47)21-37(22-36)43(10,33-14-24(2)39(45-50)25(3)15-33)34-16-26(4)40(46-51)27(5)17-34/h11-22,48H,1-10H3. The van der Waals surface area contributed by atoms with Gasteiger partial charge in [0.15, 0.2) is 5.78 Å². The number of ketones is 1. The van der Waals surface area contributed by atoms with E-state index in [-0.39, 0.29) is 11.5 Å². The smallest absolute Gasteiger partial charge is 0.159 e. The number of hydrogen-bond donors (Lipinski definition) is 1. The molecule has 0 aliphatic rings. The fourth-order valence-electron chi connectivity index (χ4n) is 7.50. The molecule has 0 spiro atoms. The van der Waals surface area contributed by atoms with E-state index < -0.39 is 10.8 Å². The van der Waals surface area contributed by atoms with Gasteiger partial charge in [0.2, 0.25) is 0 Å². The van der Waals surface area contributed by atoms with E-state index >= 15 is 0 Å². The van der Waals surface area contributed by atoms with Gasteiger partial charge in [0, 0.05) is 16.4 Å². The first-order valence-corrected chi connectivity index (χ1v) is 16.8.